The minimum absolute atomic E-state index is 0.0207. The number of aromatic nitrogens is 2. The third-order valence-corrected chi connectivity index (χ3v) is 3.98. The molecular weight excluding hydrogens is 357 g/mol. The van der Waals surface area contributed by atoms with Crippen molar-refractivity contribution in [3.8, 4) is 0 Å². The van der Waals surface area contributed by atoms with Crippen molar-refractivity contribution in [2.45, 2.75) is 13.0 Å². The van der Waals surface area contributed by atoms with Crippen LogP contribution in [0.5, 0.6) is 0 Å². The predicted molar refractivity (Wildman–Crippen MR) is 86.5 cm³/mol. The number of rotatable bonds is 4. The fourth-order valence-corrected chi connectivity index (χ4v) is 2.66. The molecule has 0 bridgehead atoms. The van der Waals surface area contributed by atoms with Crippen molar-refractivity contribution in [1.29, 1.82) is 0 Å². The molecule has 25 heavy (non-hydrogen) atoms. The molecule has 0 saturated carbocycles. The van der Waals surface area contributed by atoms with Gasteiger partial charge in [-0.2, -0.15) is 5.10 Å². The fourth-order valence-electron chi connectivity index (χ4n) is 2.51. The lowest BCUT2D eigenvalue weighted by Crippen LogP contribution is -2.07. The lowest BCUT2D eigenvalue weighted by molar-refractivity contribution is 0.0595. The summed E-state index contributed by atoms with van der Waals surface area (Å²) >= 11 is 5.73. The van der Waals surface area contributed by atoms with Crippen molar-refractivity contribution in [3.63, 3.8) is 0 Å². The van der Waals surface area contributed by atoms with Gasteiger partial charge in [0.05, 0.1) is 19.2 Å². The number of benzene rings is 2. The van der Waals surface area contributed by atoms with Gasteiger partial charge in [-0.1, -0.05) is 23.7 Å². The number of methoxy groups -OCH3 is 1. The molecule has 0 amide bonds. The van der Waals surface area contributed by atoms with E-state index in [4.69, 9.17) is 11.6 Å². The molecule has 0 saturated heterocycles. The third kappa shape index (κ3) is 3.32. The molecule has 0 unspecified atom stereocenters. The van der Waals surface area contributed by atoms with Gasteiger partial charge < -0.3 is 4.74 Å². The summed E-state index contributed by atoms with van der Waals surface area (Å²) in [5, 5.41) is 4.71. The number of fused-ring (bicyclic) bond motifs is 1. The van der Waals surface area contributed by atoms with Crippen LogP contribution >= 0.6 is 11.6 Å². The third-order valence-electron chi connectivity index (χ3n) is 3.74. The van der Waals surface area contributed by atoms with E-state index in [1.165, 1.54) is 42.1 Å². The minimum atomic E-state index is -2.68. The van der Waals surface area contributed by atoms with Gasteiger partial charge in [0.2, 0.25) is 0 Å². The van der Waals surface area contributed by atoms with Crippen LogP contribution in [0, 0.1) is 5.82 Å². The van der Waals surface area contributed by atoms with E-state index >= 15 is 0 Å². The highest BCUT2D eigenvalue weighted by Crippen LogP contribution is 2.27. The number of hydrogen-bond acceptors (Lipinski definition) is 3. The maximum Gasteiger partial charge on any atom is 0.359 e. The molecule has 0 N–H and O–H groups in total. The van der Waals surface area contributed by atoms with Crippen molar-refractivity contribution in [2.75, 3.05) is 7.11 Å². The maximum atomic E-state index is 14.0. The van der Waals surface area contributed by atoms with Crippen LogP contribution in [0.4, 0.5) is 13.2 Å². The molecule has 0 atom stereocenters. The number of alkyl halides is 2. The van der Waals surface area contributed by atoms with Crippen LogP contribution in [0.25, 0.3) is 10.9 Å². The molecule has 0 radical (unpaired) electrons. The number of carbonyl (C=O) groups is 1. The van der Waals surface area contributed by atoms with E-state index in [1.807, 2.05) is 0 Å². The molecule has 1 aromatic heterocycles. The quantitative estimate of drug-likeness (QED) is 0.632. The van der Waals surface area contributed by atoms with E-state index < -0.39 is 18.2 Å². The molecule has 0 aliphatic heterocycles. The van der Waals surface area contributed by atoms with E-state index in [9.17, 15) is 18.0 Å². The standard InChI is InChI=1S/C17H12ClF3N2O2/c1-25-17(24)15-12-5-3-9(16(20)21)6-14(12)23(22-15)8-10-2-4-11(18)7-13(10)19/h2-7,16H,8H2,1H3. The van der Waals surface area contributed by atoms with Crippen LogP contribution in [0.2, 0.25) is 5.02 Å². The van der Waals surface area contributed by atoms with Gasteiger partial charge in [-0.25, -0.2) is 18.0 Å². The second-order valence-electron chi connectivity index (χ2n) is 5.31. The summed E-state index contributed by atoms with van der Waals surface area (Å²) in [7, 11) is 1.19. The van der Waals surface area contributed by atoms with Gasteiger partial charge in [-0.15, -0.1) is 0 Å². The van der Waals surface area contributed by atoms with E-state index in [1.54, 1.807) is 0 Å². The minimum Gasteiger partial charge on any atom is -0.464 e. The molecule has 2 aromatic carbocycles. The van der Waals surface area contributed by atoms with Gasteiger partial charge >= 0.3 is 5.97 Å². The summed E-state index contributed by atoms with van der Waals surface area (Å²) in [5.41, 5.74) is 0.301. The first-order valence-corrected chi connectivity index (χ1v) is 7.59. The topological polar surface area (TPSA) is 44.1 Å². The molecule has 3 rings (SSSR count). The zero-order valence-electron chi connectivity index (χ0n) is 13.0. The molecule has 8 heteroatoms. The number of hydrogen-bond donors (Lipinski definition) is 0. The Morgan fingerprint density at radius 1 is 1.28 bits per heavy atom. The van der Waals surface area contributed by atoms with E-state index in [-0.39, 0.29) is 33.9 Å². The van der Waals surface area contributed by atoms with Crippen molar-refractivity contribution in [2.24, 2.45) is 0 Å². The van der Waals surface area contributed by atoms with Crippen LogP contribution in [0.1, 0.15) is 28.0 Å². The highest BCUT2D eigenvalue weighted by Gasteiger charge is 2.20. The first-order chi connectivity index (χ1) is 11.9. The summed E-state index contributed by atoms with van der Waals surface area (Å²) in [6.45, 7) is -0.0524. The lowest BCUT2D eigenvalue weighted by Gasteiger charge is -2.07. The fraction of sp³-hybridized carbons (Fsp3) is 0.176. The summed E-state index contributed by atoms with van der Waals surface area (Å²) in [4.78, 5) is 11.9. The first-order valence-electron chi connectivity index (χ1n) is 7.21. The second kappa shape index (κ2) is 6.76. The Labute approximate surface area is 145 Å². The van der Waals surface area contributed by atoms with Crippen LogP contribution in [0.3, 0.4) is 0 Å². The second-order valence-corrected chi connectivity index (χ2v) is 5.75. The zero-order valence-corrected chi connectivity index (χ0v) is 13.7. The van der Waals surface area contributed by atoms with Gasteiger partial charge in [0.25, 0.3) is 6.43 Å². The van der Waals surface area contributed by atoms with Crippen molar-refractivity contribution in [1.82, 2.24) is 9.78 Å². The SMILES string of the molecule is COC(=O)c1nn(Cc2ccc(Cl)cc2F)c2cc(C(F)F)ccc12. The highest BCUT2D eigenvalue weighted by atomic mass is 35.5. The molecular formula is C17H12ClF3N2O2. The van der Waals surface area contributed by atoms with Crippen LogP contribution in [-0.2, 0) is 11.3 Å². The van der Waals surface area contributed by atoms with Crippen LogP contribution in [0.15, 0.2) is 36.4 Å². The largest absolute Gasteiger partial charge is 0.464 e. The number of carbonyl (C=O) groups excluding carboxylic acids is 1. The average molecular weight is 369 g/mol. The summed E-state index contributed by atoms with van der Waals surface area (Å²) in [6, 6.07) is 7.96. The summed E-state index contributed by atoms with van der Waals surface area (Å²) in [5.74, 6) is -1.26. The predicted octanol–water partition coefficient (Wildman–Crippen LogP) is 4.60. The Kier molecular flexibility index (Phi) is 4.67. The molecule has 1 heterocycles. The Morgan fingerprint density at radius 2 is 2.04 bits per heavy atom. The smallest absolute Gasteiger partial charge is 0.359 e. The van der Waals surface area contributed by atoms with E-state index in [2.05, 4.69) is 9.84 Å². The maximum absolute atomic E-state index is 14.0. The van der Waals surface area contributed by atoms with Gasteiger partial charge in [-0.05, 0) is 24.3 Å². The zero-order chi connectivity index (χ0) is 18.1. The van der Waals surface area contributed by atoms with Gasteiger partial charge in [0.1, 0.15) is 5.82 Å². The van der Waals surface area contributed by atoms with Crippen LogP contribution in [-0.4, -0.2) is 22.9 Å². The molecule has 0 aliphatic rings. The Balaban J connectivity index is 2.15. The van der Waals surface area contributed by atoms with Crippen molar-refractivity contribution in [3.05, 3.63) is 64.1 Å². The molecule has 0 aliphatic carbocycles. The van der Waals surface area contributed by atoms with Gasteiger partial charge in [0.15, 0.2) is 5.69 Å². The molecule has 0 fully saturated rings. The van der Waals surface area contributed by atoms with Crippen molar-refractivity contribution >= 4 is 28.5 Å². The Morgan fingerprint density at radius 3 is 2.68 bits per heavy atom. The van der Waals surface area contributed by atoms with Gasteiger partial charge in [0, 0.05) is 21.5 Å². The number of esters is 1. The molecule has 3 aromatic rings. The molecule has 130 valence electrons. The van der Waals surface area contributed by atoms with E-state index in [0.29, 0.717) is 5.39 Å². The van der Waals surface area contributed by atoms with E-state index in [0.717, 1.165) is 6.07 Å². The monoisotopic (exact) mass is 368 g/mol. The Bertz CT molecular complexity index is 956. The number of halogens is 4. The summed E-state index contributed by atoms with van der Waals surface area (Å²) < 4.78 is 46.0. The Hall–Kier alpha value is -2.54. The van der Waals surface area contributed by atoms with Gasteiger partial charge in [-0.3, -0.25) is 4.68 Å². The van der Waals surface area contributed by atoms with Crippen molar-refractivity contribution < 1.29 is 22.7 Å². The number of ether oxygens (including phenoxy) is 1. The lowest BCUT2D eigenvalue weighted by atomic mass is 10.1. The van der Waals surface area contributed by atoms with Crippen LogP contribution < -0.4 is 0 Å². The number of nitrogens with zero attached hydrogens (tertiary/aromatic N) is 2. The average Bonchev–Trinajstić information content (AvgIpc) is 2.94. The normalized spacial score (nSPS) is 11.3. The highest BCUT2D eigenvalue weighted by molar-refractivity contribution is 6.30. The first kappa shape index (κ1) is 17.3. The summed E-state index contributed by atoms with van der Waals surface area (Å²) in [6.07, 6.45) is -2.68. The molecule has 4 nitrogen and oxygen atoms in total. The molecule has 0 spiro atoms.